The SMILES string of the molecule is N#Cc1cccc(NCCCCCN2CCCCC2)n1. The summed E-state index contributed by atoms with van der Waals surface area (Å²) in [5, 5.41) is 12.1. The Bertz CT molecular complexity index is 432. The maximum absolute atomic E-state index is 8.78. The fourth-order valence-corrected chi connectivity index (χ4v) is 2.63. The van der Waals surface area contributed by atoms with Gasteiger partial charge in [-0.2, -0.15) is 5.26 Å². The Morgan fingerprint density at radius 3 is 2.80 bits per heavy atom. The van der Waals surface area contributed by atoms with Crippen molar-refractivity contribution in [2.24, 2.45) is 0 Å². The van der Waals surface area contributed by atoms with Gasteiger partial charge in [0.2, 0.25) is 0 Å². The van der Waals surface area contributed by atoms with Crippen LogP contribution in [-0.2, 0) is 0 Å². The van der Waals surface area contributed by atoms with E-state index in [1.54, 1.807) is 6.07 Å². The van der Waals surface area contributed by atoms with Crippen molar-refractivity contribution in [1.29, 1.82) is 5.26 Å². The molecule has 1 aliphatic heterocycles. The van der Waals surface area contributed by atoms with Crippen LogP contribution in [0.15, 0.2) is 18.2 Å². The molecule has 0 aromatic carbocycles. The highest BCUT2D eigenvalue weighted by Gasteiger charge is 2.08. The predicted octanol–water partition coefficient (Wildman–Crippen LogP) is 3.02. The number of nitriles is 1. The first-order chi connectivity index (χ1) is 9.88. The van der Waals surface area contributed by atoms with Crippen LogP contribution in [0.25, 0.3) is 0 Å². The van der Waals surface area contributed by atoms with E-state index < -0.39 is 0 Å². The van der Waals surface area contributed by atoms with Gasteiger partial charge < -0.3 is 10.2 Å². The number of nitrogens with one attached hydrogen (secondary N) is 1. The minimum atomic E-state index is 0.472. The van der Waals surface area contributed by atoms with E-state index in [1.807, 2.05) is 12.1 Å². The van der Waals surface area contributed by atoms with Crippen LogP contribution in [0.1, 0.15) is 44.2 Å². The molecule has 0 radical (unpaired) electrons. The predicted molar refractivity (Wildman–Crippen MR) is 81.6 cm³/mol. The lowest BCUT2D eigenvalue weighted by Gasteiger charge is -2.26. The minimum absolute atomic E-state index is 0.472. The number of aromatic nitrogens is 1. The lowest BCUT2D eigenvalue weighted by Crippen LogP contribution is -2.30. The van der Waals surface area contributed by atoms with Gasteiger partial charge in [0, 0.05) is 6.54 Å². The summed E-state index contributed by atoms with van der Waals surface area (Å²) in [6.07, 6.45) is 7.86. The zero-order valence-corrected chi connectivity index (χ0v) is 12.1. The van der Waals surface area contributed by atoms with Crippen LogP contribution >= 0.6 is 0 Å². The fourth-order valence-electron chi connectivity index (χ4n) is 2.63. The summed E-state index contributed by atoms with van der Waals surface area (Å²) >= 11 is 0. The van der Waals surface area contributed by atoms with Crippen molar-refractivity contribution in [2.75, 3.05) is 31.5 Å². The van der Waals surface area contributed by atoms with Crippen molar-refractivity contribution in [3.05, 3.63) is 23.9 Å². The van der Waals surface area contributed by atoms with Crippen LogP contribution in [0, 0.1) is 11.3 Å². The van der Waals surface area contributed by atoms with Gasteiger partial charge in [-0.05, 0) is 57.5 Å². The normalized spacial score (nSPS) is 15.8. The summed E-state index contributed by atoms with van der Waals surface area (Å²) in [5.41, 5.74) is 0.472. The third-order valence-corrected chi connectivity index (χ3v) is 3.77. The van der Waals surface area contributed by atoms with Crippen molar-refractivity contribution >= 4 is 5.82 Å². The molecule has 0 bridgehead atoms. The van der Waals surface area contributed by atoms with Crippen molar-refractivity contribution in [3.63, 3.8) is 0 Å². The highest BCUT2D eigenvalue weighted by molar-refractivity contribution is 5.38. The second-order valence-corrected chi connectivity index (χ2v) is 5.41. The van der Waals surface area contributed by atoms with Crippen LogP contribution < -0.4 is 5.32 Å². The number of unbranched alkanes of at least 4 members (excludes halogenated alkanes) is 2. The minimum Gasteiger partial charge on any atom is -0.370 e. The zero-order chi connectivity index (χ0) is 14.0. The average molecular weight is 272 g/mol. The van der Waals surface area contributed by atoms with Crippen LogP contribution in [0.2, 0.25) is 0 Å². The van der Waals surface area contributed by atoms with Gasteiger partial charge in [-0.3, -0.25) is 0 Å². The molecule has 1 saturated heterocycles. The van der Waals surface area contributed by atoms with Crippen LogP contribution in [0.3, 0.4) is 0 Å². The Balaban J connectivity index is 1.54. The molecule has 4 heteroatoms. The topological polar surface area (TPSA) is 52.0 Å². The van der Waals surface area contributed by atoms with Gasteiger partial charge in [0.15, 0.2) is 0 Å². The summed E-state index contributed by atoms with van der Waals surface area (Å²) in [5.74, 6) is 0.806. The largest absolute Gasteiger partial charge is 0.370 e. The quantitative estimate of drug-likeness (QED) is 0.775. The number of hydrogen-bond donors (Lipinski definition) is 1. The number of piperidine rings is 1. The molecule has 1 aromatic heterocycles. The van der Waals surface area contributed by atoms with E-state index in [2.05, 4.69) is 21.3 Å². The maximum atomic E-state index is 8.78. The lowest BCUT2D eigenvalue weighted by molar-refractivity contribution is 0.224. The molecule has 2 rings (SSSR count). The molecule has 1 aliphatic rings. The molecule has 0 spiro atoms. The van der Waals surface area contributed by atoms with E-state index in [0.717, 1.165) is 18.8 Å². The summed E-state index contributed by atoms with van der Waals surface area (Å²) in [4.78, 5) is 6.79. The Hall–Kier alpha value is -1.60. The average Bonchev–Trinajstić information content (AvgIpc) is 2.52. The molecule has 4 nitrogen and oxygen atoms in total. The molecule has 20 heavy (non-hydrogen) atoms. The van der Waals surface area contributed by atoms with E-state index in [4.69, 9.17) is 5.26 Å². The second kappa shape index (κ2) is 8.55. The van der Waals surface area contributed by atoms with Crippen molar-refractivity contribution in [1.82, 2.24) is 9.88 Å². The molecular weight excluding hydrogens is 248 g/mol. The van der Waals surface area contributed by atoms with Crippen LogP contribution in [0.5, 0.6) is 0 Å². The highest BCUT2D eigenvalue weighted by Crippen LogP contribution is 2.10. The summed E-state index contributed by atoms with van der Waals surface area (Å²) < 4.78 is 0. The first-order valence-electron chi connectivity index (χ1n) is 7.72. The molecule has 0 amide bonds. The first kappa shape index (κ1) is 14.8. The third kappa shape index (κ3) is 5.18. The Morgan fingerprint density at radius 1 is 1.15 bits per heavy atom. The smallest absolute Gasteiger partial charge is 0.142 e. The molecule has 0 unspecified atom stereocenters. The monoisotopic (exact) mass is 272 g/mol. The molecule has 1 aromatic rings. The van der Waals surface area contributed by atoms with Gasteiger partial charge in [0.05, 0.1) is 0 Å². The Labute approximate surface area is 121 Å². The third-order valence-electron chi connectivity index (χ3n) is 3.77. The number of hydrogen-bond acceptors (Lipinski definition) is 4. The molecule has 1 fully saturated rings. The van der Waals surface area contributed by atoms with Crippen LogP contribution in [0.4, 0.5) is 5.82 Å². The Kier molecular flexibility index (Phi) is 6.33. The molecule has 0 atom stereocenters. The van der Waals surface area contributed by atoms with Crippen LogP contribution in [-0.4, -0.2) is 36.1 Å². The van der Waals surface area contributed by atoms with E-state index >= 15 is 0 Å². The van der Waals surface area contributed by atoms with Crippen molar-refractivity contribution in [3.8, 4) is 6.07 Å². The zero-order valence-electron chi connectivity index (χ0n) is 12.1. The van der Waals surface area contributed by atoms with E-state index in [9.17, 15) is 0 Å². The summed E-state index contributed by atoms with van der Waals surface area (Å²) in [6, 6.07) is 7.56. The van der Waals surface area contributed by atoms with Crippen molar-refractivity contribution < 1.29 is 0 Å². The van der Waals surface area contributed by atoms with Gasteiger partial charge >= 0.3 is 0 Å². The molecule has 2 heterocycles. The van der Waals surface area contributed by atoms with Gasteiger partial charge in [0.1, 0.15) is 17.6 Å². The van der Waals surface area contributed by atoms with E-state index in [-0.39, 0.29) is 0 Å². The standard InChI is InChI=1S/C16H24N4/c17-14-15-8-7-9-16(19-15)18-10-3-1-4-11-20-12-5-2-6-13-20/h7-9H,1-6,10-13H2,(H,18,19). The summed E-state index contributed by atoms with van der Waals surface area (Å²) in [6.45, 7) is 4.77. The fraction of sp³-hybridized carbons (Fsp3) is 0.625. The number of rotatable bonds is 7. The van der Waals surface area contributed by atoms with Gasteiger partial charge in [-0.25, -0.2) is 4.98 Å². The number of likely N-dealkylation sites (tertiary alicyclic amines) is 1. The molecule has 0 aliphatic carbocycles. The Morgan fingerprint density at radius 2 is 2.00 bits per heavy atom. The first-order valence-corrected chi connectivity index (χ1v) is 7.72. The van der Waals surface area contributed by atoms with E-state index in [1.165, 1.54) is 51.7 Å². The highest BCUT2D eigenvalue weighted by atomic mass is 15.1. The van der Waals surface area contributed by atoms with Gasteiger partial charge in [-0.1, -0.05) is 18.9 Å². The second-order valence-electron chi connectivity index (χ2n) is 5.41. The number of nitrogens with zero attached hydrogens (tertiary/aromatic N) is 3. The maximum Gasteiger partial charge on any atom is 0.142 e. The molecule has 108 valence electrons. The van der Waals surface area contributed by atoms with Gasteiger partial charge in [0.25, 0.3) is 0 Å². The number of pyridine rings is 1. The molecule has 0 saturated carbocycles. The molecular formula is C16H24N4. The summed E-state index contributed by atoms with van der Waals surface area (Å²) in [7, 11) is 0. The van der Waals surface area contributed by atoms with Crippen molar-refractivity contribution in [2.45, 2.75) is 38.5 Å². The lowest BCUT2D eigenvalue weighted by atomic mass is 10.1. The van der Waals surface area contributed by atoms with E-state index in [0.29, 0.717) is 5.69 Å². The van der Waals surface area contributed by atoms with Gasteiger partial charge in [-0.15, -0.1) is 0 Å². The number of anilines is 1. The molecule has 1 N–H and O–H groups in total.